The lowest BCUT2D eigenvalue weighted by molar-refractivity contribution is -0.144. The van der Waals surface area contributed by atoms with Crippen molar-refractivity contribution in [1.82, 2.24) is 10.2 Å². The van der Waals surface area contributed by atoms with Gasteiger partial charge in [-0.2, -0.15) is 13.2 Å². The molecule has 2 heterocycles. The van der Waals surface area contributed by atoms with Crippen LogP contribution in [0.3, 0.4) is 0 Å². The fraction of sp³-hybridized carbons (Fsp3) is 0.652. The van der Waals surface area contributed by atoms with Crippen LogP contribution < -0.4 is 10.1 Å². The average molecular weight is 452 g/mol. The molecule has 6 nitrogen and oxygen atoms in total. The SMILES string of the molecule is COc1ccc(C2CC3(CCN(C(=O)C4CC5(COC(=O)N5)C4)CC3)C2)cc1C(F)(F)F. The highest BCUT2D eigenvalue weighted by Crippen LogP contribution is 2.57. The highest BCUT2D eigenvalue weighted by atomic mass is 19.4. The number of carbonyl (C=O) groups is 2. The number of likely N-dealkylation sites (tertiary alicyclic amines) is 1. The van der Waals surface area contributed by atoms with Gasteiger partial charge in [-0.25, -0.2) is 4.79 Å². The van der Waals surface area contributed by atoms with E-state index in [1.165, 1.54) is 19.2 Å². The number of nitrogens with one attached hydrogen (secondary N) is 1. The number of carbonyl (C=O) groups excluding carboxylic acids is 2. The number of nitrogens with zero attached hydrogens (tertiary/aromatic N) is 1. The third-order valence-corrected chi connectivity index (χ3v) is 7.97. The Morgan fingerprint density at radius 3 is 2.44 bits per heavy atom. The van der Waals surface area contributed by atoms with Crippen molar-refractivity contribution in [3.63, 3.8) is 0 Å². The zero-order valence-electron chi connectivity index (χ0n) is 18.0. The summed E-state index contributed by atoms with van der Waals surface area (Å²) in [4.78, 5) is 26.0. The first-order chi connectivity index (χ1) is 15.1. The van der Waals surface area contributed by atoms with Gasteiger partial charge in [-0.1, -0.05) is 6.07 Å². The van der Waals surface area contributed by atoms with Gasteiger partial charge in [-0.15, -0.1) is 0 Å². The van der Waals surface area contributed by atoms with Crippen molar-refractivity contribution < 1.29 is 32.2 Å². The number of benzene rings is 1. The van der Waals surface area contributed by atoms with Crippen LogP contribution in [0.25, 0.3) is 0 Å². The Balaban J connectivity index is 1.15. The Kier molecular flexibility index (Phi) is 4.87. The second-order valence-electron chi connectivity index (χ2n) is 9.97. The van der Waals surface area contributed by atoms with Gasteiger partial charge in [0.15, 0.2) is 0 Å². The molecule has 5 rings (SSSR count). The Morgan fingerprint density at radius 1 is 1.19 bits per heavy atom. The van der Waals surface area contributed by atoms with Gasteiger partial charge in [-0.05, 0) is 67.6 Å². The number of halogens is 3. The molecule has 174 valence electrons. The molecule has 1 aromatic rings. The molecule has 2 spiro atoms. The zero-order chi connectivity index (χ0) is 22.7. The first kappa shape index (κ1) is 21.4. The van der Waals surface area contributed by atoms with Crippen molar-refractivity contribution in [2.75, 3.05) is 26.8 Å². The summed E-state index contributed by atoms with van der Waals surface area (Å²) in [6.07, 6.45) is -0.120. The topological polar surface area (TPSA) is 67.9 Å². The number of amides is 2. The molecule has 1 N–H and O–H groups in total. The Bertz CT molecular complexity index is 926. The molecule has 2 aliphatic carbocycles. The van der Waals surface area contributed by atoms with E-state index in [-0.39, 0.29) is 34.4 Å². The van der Waals surface area contributed by atoms with E-state index >= 15 is 0 Å². The minimum atomic E-state index is -4.44. The normalized spacial score (nSPS) is 26.3. The molecule has 0 bridgehead atoms. The summed E-state index contributed by atoms with van der Waals surface area (Å²) in [6, 6.07) is 4.38. The van der Waals surface area contributed by atoms with Gasteiger partial charge < -0.3 is 19.7 Å². The fourth-order valence-corrected chi connectivity index (χ4v) is 6.06. The van der Waals surface area contributed by atoms with Crippen molar-refractivity contribution in [2.45, 2.75) is 56.2 Å². The van der Waals surface area contributed by atoms with Gasteiger partial charge in [0.25, 0.3) is 0 Å². The fourth-order valence-electron chi connectivity index (χ4n) is 6.06. The smallest absolute Gasteiger partial charge is 0.419 e. The number of rotatable bonds is 3. The van der Waals surface area contributed by atoms with E-state index in [1.807, 2.05) is 4.90 Å². The van der Waals surface area contributed by atoms with Crippen LogP contribution >= 0.6 is 0 Å². The first-order valence-corrected chi connectivity index (χ1v) is 11.1. The molecule has 0 radical (unpaired) electrons. The third kappa shape index (κ3) is 3.59. The average Bonchev–Trinajstić information content (AvgIpc) is 3.11. The quantitative estimate of drug-likeness (QED) is 0.750. The van der Waals surface area contributed by atoms with Gasteiger partial charge in [0, 0.05) is 19.0 Å². The lowest BCUT2D eigenvalue weighted by Gasteiger charge is -2.53. The largest absolute Gasteiger partial charge is 0.496 e. The highest BCUT2D eigenvalue weighted by Gasteiger charge is 2.54. The monoisotopic (exact) mass is 452 g/mol. The number of methoxy groups -OCH3 is 1. The highest BCUT2D eigenvalue weighted by molar-refractivity contribution is 5.81. The maximum absolute atomic E-state index is 13.3. The van der Waals surface area contributed by atoms with E-state index in [0.29, 0.717) is 38.1 Å². The Hall–Kier alpha value is -2.45. The molecule has 32 heavy (non-hydrogen) atoms. The van der Waals surface area contributed by atoms with Gasteiger partial charge in [-0.3, -0.25) is 4.79 Å². The van der Waals surface area contributed by atoms with Gasteiger partial charge in [0.2, 0.25) is 5.91 Å². The molecule has 0 unspecified atom stereocenters. The standard InChI is InChI=1S/C23H27F3N2O4/c1-31-18-3-2-14(8-17(18)23(24,25)26)15-9-21(10-15)4-6-28(7-5-21)19(29)16-11-22(12-16)13-32-20(30)27-22/h2-3,8,15-16H,4-7,9-13H2,1H3,(H,27,30). The van der Waals surface area contributed by atoms with Crippen LogP contribution in [0.2, 0.25) is 0 Å². The number of hydrogen-bond donors (Lipinski definition) is 1. The molecule has 0 aromatic heterocycles. The molecule has 2 saturated heterocycles. The van der Waals surface area contributed by atoms with Gasteiger partial charge >= 0.3 is 12.3 Å². The van der Waals surface area contributed by atoms with Crippen LogP contribution in [0, 0.1) is 11.3 Å². The molecule has 0 atom stereocenters. The lowest BCUT2D eigenvalue weighted by atomic mass is 9.56. The maximum Gasteiger partial charge on any atom is 0.419 e. The number of ether oxygens (including phenoxy) is 2. The number of cyclic esters (lactones) is 1. The second-order valence-corrected chi connectivity index (χ2v) is 9.97. The summed E-state index contributed by atoms with van der Waals surface area (Å²) in [6.45, 7) is 1.71. The van der Waals surface area contributed by atoms with E-state index in [4.69, 9.17) is 9.47 Å². The second kappa shape index (κ2) is 7.28. The van der Waals surface area contributed by atoms with Crippen LogP contribution in [-0.4, -0.2) is 49.2 Å². The Labute approximate surface area is 184 Å². The molecular formula is C23H27F3N2O4. The predicted molar refractivity (Wildman–Crippen MR) is 108 cm³/mol. The molecule has 2 amide bonds. The minimum Gasteiger partial charge on any atom is -0.496 e. The zero-order valence-corrected chi connectivity index (χ0v) is 18.0. The van der Waals surface area contributed by atoms with Crippen molar-refractivity contribution in [3.05, 3.63) is 29.3 Å². The van der Waals surface area contributed by atoms with E-state index in [1.54, 1.807) is 6.07 Å². The van der Waals surface area contributed by atoms with Crippen LogP contribution in [0.4, 0.5) is 18.0 Å². The summed E-state index contributed by atoms with van der Waals surface area (Å²) in [5, 5.41) is 2.82. The predicted octanol–water partition coefficient (Wildman–Crippen LogP) is 4.09. The van der Waals surface area contributed by atoms with Crippen molar-refractivity contribution in [2.24, 2.45) is 11.3 Å². The van der Waals surface area contributed by atoms with Crippen LogP contribution in [-0.2, 0) is 15.7 Å². The van der Waals surface area contributed by atoms with Gasteiger partial charge in [0.05, 0.1) is 18.2 Å². The van der Waals surface area contributed by atoms with Crippen molar-refractivity contribution in [1.29, 1.82) is 0 Å². The maximum atomic E-state index is 13.3. The van der Waals surface area contributed by atoms with Crippen LogP contribution in [0.1, 0.15) is 55.6 Å². The molecule has 1 aromatic carbocycles. The molecule has 4 aliphatic rings. The van der Waals surface area contributed by atoms with E-state index in [2.05, 4.69) is 5.32 Å². The third-order valence-electron chi connectivity index (χ3n) is 7.97. The lowest BCUT2D eigenvalue weighted by Crippen LogP contribution is -2.59. The van der Waals surface area contributed by atoms with Crippen LogP contribution in [0.15, 0.2) is 18.2 Å². The van der Waals surface area contributed by atoms with E-state index in [9.17, 15) is 22.8 Å². The van der Waals surface area contributed by atoms with Crippen molar-refractivity contribution >= 4 is 12.0 Å². The number of hydrogen-bond acceptors (Lipinski definition) is 4. The number of alkyl carbamates (subject to hydrolysis) is 1. The molecule has 4 fully saturated rings. The summed E-state index contributed by atoms with van der Waals surface area (Å²) in [7, 11) is 1.25. The minimum absolute atomic E-state index is 0.0692. The summed E-state index contributed by atoms with van der Waals surface area (Å²) in [5.74, 6) is 0.0399. The first-order valence-electron chi connectivity index (χ1n) is 11.1. The summed E-state index contributed by atoms with van der Waals surface area (Å²) in [5.41, 5.74) is -0.249. The van der Waals surface area contributed by atoms with Crippen LogP contribution in [0.5, 0.6) is 5.75 Å². The van der Waals surface area contributed by atoms with E-state index in [0.717, 1.165) is 25.7 Å². The number of piperidine rings is 1. The summed E-state index contributed by atoms with van der Waals surface area (Å²) < 4.78 is 49.9. The molecule has 2 aliphatic heterocycles. The molecule has 9 heteroatoms. The summed E-state index contributed by atoms with van der Waals surface area (Å²) >= 11 is 0. The van der Waals surface area contributed by atoms with E-state index < -0.39 is 17.8 Å². The molecule has 2 saturated carbocycles. The number of alkyl halides is 3. The van der Waals surface area contributed by atoms with Gasteiger partial charge in [0.1, 0.15) is 12.4 Å². The molecular weight excluding hydrogens is 425 g/mol. The van der Waals surface area contributed by atoms with Crippen molar-refractivity contribution in [3.8, 4) is 5.75 Å². The Morgan fingerprint density at radius 2 is 1.88 bits per heavy atom.